The Bertz CT molecular complexity index is 906. The Kier molecular flexibility index (Phi) is 5.23. The first-order valence-electron chi connectivity index (χ1n) is 9.19. The van der Waals surface area contributed by atoms with Gasteiger partial charge in [-0.15, -0.1) is 0 Å². The van der Waals surface area contributed by atoms with Crippen LogP contribution in [0.3, 0.4) is 0 Å². The molecule has 0 radical (unpaired) electrons. The van der Waals surface area contributed by atoms with E-state index in [1.807, 2.05) is 41.2 Å². The summed E-state index contributed by atoms with van der Waals surface area (Å²) in [5.74, 6) is 0.802. The van der Waals surface area contributed by atoms with Gasteiger partial charge in [0.1, 0.15) is 11.9 Å². The number of aromatic nitrogens is 2. The second kappa shape index (κ2) is 7.94. The summed E-state index contributed by atoms with van der Waals surface area (Å²) in [5.41, 5.74) is 4.41. The Hall–Kier alpha value is -2.63. The van der Waals surface area contributed by atoms with E-state index in [-0.39, 0.29) is 12.2 Å². The third kappa shape index (κ3) is 3.89. The molecule has 0 N–H and O–H groups in total. The molecule has 2 aromatic carbocycles. The topological polar surface area (TPSA) is 45.5 Å². The summed E-state index contributed by atoms with van der Waals surface area (Å²) in [6.07, 6.45) is 1.86. The third-order valence-corrected chi connectivity index (χ3v) is 4.96. The number of aryl methyl sites for hydroxylation is 1. The normalized spacial score (nSPS) is 19.3. The number of benzene rings is 2. The molecule has 27 heavy (non-hydrogen) atoms. The third-order valence-electron chi connectivity index (χ3n) is 4.96. The Morgan fingerprint density at radius 1 is 1.04 bits per heavy atom. The van der Waals surface area contributed by atoms with E-state index in [1.54, 1.807) is 7.11 Å². The van der Waals surface area contributed by atoms with Gasteiger partial charge >= 0.3 is 0 Å². The van der Waals surface area contributed by atoms with Crippen LogP contribution >= 0.6 is 0 Å². The van der Waals surface area contributed by atoms with Crippen LogP contribution in [0.5, 0.6) is 5.75 Å². The molecule has 0 amide bonds. The van der Waals surface area contributed by atoms with Crippen LogP contribution < -0.4 is 4.74 Å². The minimum absolute atomic E-state index is 0.0448. The summed E-state index contributed by atoms with van der Waals surface area (Å²) in [5, 5.41) is 4.77. The second-order valence-electron chi connectivity index (χ2n) is 6.79. The lowest BCUT2D eigenvalue weighted by Gasteiger charge is -2.19. The minimum atomic E-state index is -0.106. The van der Waals surface area contributed by atoms with Crippen LogP contribution in [0, 0.1) is 6.92 Å². The van der Waals surface area contributed by atoms with Gasteiger partial charge in [-0.25, -0.2) is 0 Å². The smallest absolute Gasteiger partial charge is 0.150 e. The summed E-state index contributed by atoms with van der Waals surface area (Å²) >= 11 is 0. The Morgan fingerprint density at radius 2 is 1.81 bits per heavy atom. The van der Waals surface area contributed by atoms with Gasteiger partial charge in [-0.2, -0.15) is 5.10 Å². The molecule has 2 atom stereocenters. The molecule has 1 fully saturated rings. The lowest BCUT2D eigenvalue weighted by Crippen LogP contribution is -2.31. The Balaban J connectivity index is 1.56. The predicted molar refractivity (Wildman–Crippen MR) is 104 cm³/mol. The predicted octanol–water partition coefficient (Wildman–Crippen LogP) is 3.70. The number of methoxy groups -OCH3 is 1. The maximum absolute atomic E-state index is 6.21. The van der Waals surface area contributed by atoms with Gasteiger partial charge < -0.3 is 14.2 Å². The lowest BCUT2D eigenvalue weighted by atomic mass is 10.1. The van der Waals surface area contributed by atoms with Crippen molar-refractivity contribution in [2.45, 2.75) is 25.7 Å². The van der Waals surface area contributed by atoms with Crippen molar-refractivity contribution in [2.75, 3.05) is 20.3 Å². The van der Waals surface area contributed by atoms with E-state index in [0.29, 0.717) is 13.2 Å². The number of para-hydroxylation sites is 1. The molecular formula is C22H24N2O3. The summed E-state index contributed by atoms with van der Waals surface area (Å²) in [6, 6.07) is 18.4. The highest BCUT2D eigenvalue weighted by Crippen LogP contribution is 2.30. The van der Waals surface area contributed by atoms with Crippen molar-refractivity contribution in [3.63, 3.8) is 0 Å². The lowest BCUT2D eigenvalue weighted by molar-refractivity contribution is 0.0328. The van der Waals surface area contributed by atoms with Crippen molar-refractivity contribution in [1.82, 2.24) is 9.78 Å². The van der Waals surface area contributed by atoms with Crippen molar-refractivity contribution in [3.8, 4) is 17.0 Å². The molecule has 4 rings (SSSR count). The number of rotatable bonds is 6. The van der Waals surface area contributed by atoms with Crippen molar-refractivity contribution in [1.29, 1.82) is 0 Å². The van der Waals surface area contributed by atoms with E-state index < -0.39 is 0 Å². The molecule has 5 nitrogen and oxygen atoms in total. The molecule has 1 saturated heterocycles. The van der Waals surface area contributed by atoms with Crippen LogP contribution in [-0.2, 0) is 16.0 Å². The van der Waals surface area contributed by atoms with Gasteiger partial charge in [-0.1, -0.05) is 36.4 Å². The number of nitrogens with zero attached hydrogens (tertiary/aromatic N) is 2. The number of hydrogen-bond donors (Lipinski definition) is 0. The SMILES string of the molecule is COC1COC[C@H]1Oc1ccccc1-c1ccn(Cc2ccccc2C)n1. The highest BCUT2D eigenvalue weighted by molar-refractivity contribution is 5.66. The van der Waals surface area contributed by atoms with Crippen LogP contribution in [0.2, 0.25) is 0 Å². The average Bonchev–Trinajstić information content (AvgIpc) is 3.33. The summed E-state index contributed by atoms with van der Waals surface area (Å²) < 4.78 is 19.1. The first kappa shape index (κ1) is 17.8. The molecule has 0 aliphatic carbocycles. The molecule has 0 spiro atoms. The molecule has 5 heteroatoms. The Labute approximate surface area is 159 Å². The zero-order chi connectivity index (χ0) is 18.6. The van der Waals surface area contributed by atoms with Crippen LogP contribution in [0.1, 0.15) is 11.1 Å². The van der Waals surface area contributed by atoms with Gasteiger partial charge in [0.2, 0.25) is 0 Å². The van der Waals surface area contributed by atoms with Gasteiger partial charge in [0.05, 0.1) is 25.5 Å². The maximum Gasteiger partial charge on any atom is 0.150 e. The molecule has 0 saturated carbocycles. The van der Waals surface area contributed by atoms with Crippen LogP contribution in [-0.4, -0.2) is 42.3 Å². The molecule has 2 heterocycles. The summed E-state index contributed by atoms with van der Waals surface area (Å²) in [6.45, 7) is 3.97. The molecule has 3 aromatic rings. The monoisotopic (exact) mass is 364 g/mol. The molecule has 1 unspecified atom stereocenters. The van der Waals surface area contributed by atoms with E-state index >= 15 is 0 Å². The van der Waals surface area contributed by atoms with Crippen molar-refractivity contribution in [3.05, 3.63) is 71.9 Å². The van der Waals surface area contributed by atoms with E-state index in [1.165, 1.54) is 11.1 Å². The molecule has 1 aliphatic rings. The second-order valence-corrected chi connectivity index (χ2v) is 6.79. The maximum atomic E-state index is 6.21. The highest BCUT2D eigenvalue weighted by atomic mass is 16.6. The van der Waals surface area contributed by atoms with Gasteiger partial charge in [-0.05, 0) is 36.2 Å². The molecule has 1 aromatic heterocycles. The molecule has 140 valence electrons. The summed E-state index contributed by atoms with van der Waals surface area (Å²) in [4.78, 5) is 0. The van der Waals surface area contributed by atoms with E-state index in [9.17, 15) is 0 Å². The minimum Gasteiger partial charge on any atom is -0.484 e. The quantitative estimate of drug-likeness (QED) is 0.669. The largest absolute Gasteiger partial charge is 0.484 e. The molecule has 1 aliphatic heterocycles. The van der Waals surface area contributed by atoms with E-state index in [4.69, 9.17) is 19.3 Å². The number of hydrogen-bond acceptors (Lipinski definition) is 4. The zero-order valence-corrected chi connectivity index (χ0v) is 15.7. The first-order chi connectivity index (χ1) is 13.2. The van der Waals surface area contributed by atoms with Gasteiger partial charge in [0.15, 0.2) is 6.10 Å². The van der Waals surface area contributed by atoms with Crippen molar-refractivity contribution >= 4 is 0 Å². The van der Waals surface area contributed by atoms with Crippen LogP contribution in [0.25, 0.3) is 11.3 Å². The van der Waals surface area contributed by atoms with Crippen molar-refractivity contribution in [2.24, 2.45) is 0 Å². The average molecular weight is 364 g/mol. The fourth-order valence-electron chi connectivity index (χ4n) is 3.34. The van der Waals surface area contributed by atoms with Crippen LogP contribution in [0.15, 0.2) is 60.8 Å². The fourth-order valence-corrected chi connectivity index (χ4v) is 3.34. The Morgan fingerprint density at radius 3 is 2.67 bits per heavy atom. The van der Waals surface area contributed by atoms with Gasteiger partial charge in [-0.3, -0.25) is 4.68 Å². The standard InChI is InChI=1S/C22H24N2O3/c1-16-7-3-4-8-17(16)13-24-12-11-19(23-24)18-9-5-6-10-20(18)27-22-15-26-14-21(22)25-2/h3-12,21-22H,13-15H2,1-2H3/t21?,22-/m1/s1. The number of ether oxygens (including phenoxy) is 3. The molecular weight excluding hydrogens is 340 g/mol. The fraction of sp³-hybridized carbons (Fsp3) is 0.318. The van der Waals surface area contributed by atoms with Gasteiger partial charge in [0.25, 0.3) is 0 Å². The zero-order valence-electron chi connectivity index (χ0n) is 15.7. The molecule has 0 bridgehead atoms. The van der Waals surface area contributed by atoms with E-state index in [0.717, 1.165) is 23.6 Å². The first-order valence-corrected chi connectivity index (χ1v) is 9.19. The van der Waals surface area contributed by atoms with Gasteiger partial charge in [0, 0.05) is 18.9 Å². The van der Waals surface area contributed by atoms with Crippen molar-refractivity contribution < 1.29 is 14.2 Å². The van der Waals surface area contributed by atoms with E-state index in [2.05, 4.69) is 31.2 Å². The highest BCUT2D eigenvalue weighted by Gasteiger charge is 2.30. The summed E-state index contributed by atoms with van der Waals surface area (Å²) in [7, 11) is 1.69. The van der Waals surface area contributed by atoms with Crippen LogP contribution in [0.4, 0.5) is 0 Å².